The molecule has 0 amide bonds. The Bertz CT molecular complexity index is 375. The van der Waals surface area contributed by atoms with Gasteiger partial charge in [0.05, 0.1) is 12.8 Å². The molecule has 1 aliphatic carbocycles. The van der Waals surface area contributed by atoms with Crippen LogP contribution in [0.15, 0.2) is 24.3 Å². The zero-order valence-corrected chi connectivity index (χ0v) is 11.8. The normalized spacial score (nSPS) is 24.0. The minimum atomic E-state index is 0.593. The SMILES string of the molecule is COc1ccccc1NC1CCCCC1C(C)C. The van der Waals surface area contributed by atoms with Gasteiger partial charge in [-0.3, -0.25) is 0 Å². The fourth-order valence-corrected chi connectivity index (χ4v) is 3.10. The molecule has 0 bridgehead atoms. The van der Waals surface area contributed by atoms with E-state index in [2.05, 4.69) is 31.3 Å². The van der Waals surface area contributed by atoms with Crippen molar-refractivity contribution in [2.75, 3.05) is 12.4 Å². The summed E-state index contributed by atoms with van der Waals surface area (Å²) in [6, 6.07) is 8.82. The van der Waals surface area contributed by atoms with Crippen molar-refractivity contribution in [1.82, 2.24) is 0 Å². The lowest BCUT2D eigenvalue weighted by Crippen LogP contribution is -2.35. The van der Waals surface area contributed by atoms with Gasteiger partial charge in [-0.2, -0.15) is 0 Å². The number of hydrogen-bond acceptors (Lipinski definition) is 2. The van der Waals surface area contributed by atoms with Gasteiger partial charge in [0.2, 0.25) is 0 Å². The smallest absolute Gasteiger partial charge is 0.141 e. The Balaban J connectivity index is 2.11. The second kappa shape index (κ2) is 6.12. The first kappa shape index (κ1) is 13.3. The van der Waals surface area contributed by atoms with Crippen molar-refractivity contribution >= 4 is 5.69 Å². The molecule has 1 aliphatic rings. The van der Waals surface area contributed by atoms with E-state index in [0.717, 1.165) is 23.3 Å². The number of methoxy groups -OCH3 is 1. The Kier molecular flexibility index (Phi) is 4.51. The topological polar surface area (TPSA) is 21.3 Å². The number of benzene rings is 1. The molecule has 1 saturated carbocycles. The van der Waals surface area contributed by atoms with Crippen molar-refractivity contribution < 1.29 is 4.74 Å². The van der Waals surface area contributed by atoms with Crippen LogP contribution in [-0.4, -0.2) is 13.2 Å². The quantitative estimate of drug-likeness (QED) is 0.855. The Morgan fingerprint density at radius 1 is 1.17 bits per heavy atom. The second-order valence-corrected chi connectivity index (χ2v) is 5.64. The van der Waals surface area contributed by atoms with Gasteiger partial charge in [0.25, 0.3) is 0 Å². The van der Waals surface area contributed by atoms with Crippen LogP contribution >= 0.6 is 0 Å². The Labute approximate surface area is 111 Å². The average Bonchev–Trinajstić information content (AvgIpc) is 2.40. The Morgan fingerprint density at radius 2 is 1.89 bits per heavy atom. The van der Waals surface area contributed by atoms with Crippen molar-refractivity contribution in [3.05, 3.63) is 24.3 Å². The summed E-state index contributed by atoms with van der Waals surface area (Å²) in [6.45, 7) is 4.68. The van der Waals surface area contributed by atoms with Gasteiger partial charge < -0.3 is 10.1 Å². The fraction of sp³-hybridized carbons (Fsp3) is 0.625. The molecule has 2 nitrogen and oxygen atoms in total. The van der Waals surface area contributed by atoms with E-state index in [9.17, 15) is 0 Å². The summed E-state index contributed by atoms with van der Waals surface area (Å²) in [5.41, 5.74) is 1.14. The minimum absolute atomic E-state index is 0.593. The highest BCUT2D eigenvalue weighted by Gasteiger charge is 2.27. The summed E-state index contributed by atoms with van der Waals surface area (Å²) in [5, 5.41) is 3.71. The van der Waals surface area contributed by atoms with Gasteiger partial charge in [-0.25, -0.2) is 0 Å². The minimum Gasteiger partial charge on any atom is -0.495 e. The summed E-state index contributed by atoms with van der Waals surface area (Å²) in [4.78, 5) is 0. The fourth-order valence-electron chi connectivity index (χ4n) is 3.10. The monoisotopic (exact) mass is 247 g/mol. The van der Waals surface area contributed by atoms with Gasteiger partial charge in [0, 0.05) is 6.04 Å². The van der Waals surface area contributed by atoms with E-state index < -0.39 is 0 Å². The van der Waals surface area contributed by atoms with Crippen molar-refractivity contribution in [2.45, 2.75) is 45.6 Å². The van der Waals surface area contributed by atoms with Gasteiger partial charge in [-0.15, -0.1) is 0 Å². The molecule has 0 spiro atoms. The van der Waals surface area contributed by atoms with Crippen molar-refractivity contribution in [3.8, 4) is 5.75 Å². The average molecular weight is 247 g/mol. The predicted octanol–water partition coefficient (Wildman–Crippen LogP) is 4.32. The number of rotatable bonds is 4. The zero-order chi connectivity index (χ0) is 13.0. The Morgan fingerprint density at radius 3 is 2.61 bits per heavy atom. The third-order valence-corrected chi connectivity index (χ3v) is 4.12. The highest BCUT2D eigenvalue weighted by atomic mass is 16.5. The van der Waals surface area contributed by atoms with Crippen LogP contribution in [0.3, 0.4) is 0 Å². The lowest BCUT2D eigenvalue weighted by atomic mass is 9.78. The molecule has 1 N–H and O–H groups in total. The largest absolute Gasteiger partial charge is 0.495 e. The molecule has 1 aromatic carbocycles. The van der Waals surface area contributed by atoms with Gasteiger partial charge in [-0.05, 0) is 36.8 Å². The van der Waals surface area contributed by atoms with Crippen LogP contribution in [0.25, 0.3) is 0 Å². The van der Waals surface area contributed by atoms with Crippen molar-refractivity contribution in [2.24, 2.45) is 11.8 Å². The second-order valence-electron chi connectivity index (χ2n) is 5.64. The van der Waals surface area contributed by atoms with E-state index in [1.54, 1.807) is 7.11 Å². The molecule has 2 atom stereocenters. The van der Waals surface area contributed by atoms with E-state index in [0.29, 0.717) is 6.04 Å². The van der Waals surface area contributed by atoms with E-state index >= 15 is 0 Å². The number of hydrogen-bond donors (Lipinski definition) is 1. The summed E-state index contributed by atoms with van der Waals surface area (Å²) in [5.74, 6) is 2.48. The zero-order valence-electron chi connectivity index (χ0n) is 11.8. The maximum absolute atomic E-state index is 5.42. The number of ether oxygens (including phenoxy) is 1. The van der Waals surface area contributed by atoms with Crippen LogP contribution < -0.4 is 10.1 Å². The molecule has 0 aromatic heterocycles. The highest BCUT2D eigenvalue weighted by molar-refractivity contribution is 5.56. The third-order valence-electron chi connectivity index (χ3n) is 4.12. The highest BCUT2D eigenvalue weighted by Crippen LogP contribution is 2.34. The van der Waals surface area contributed by atoms with Gasteiger partial charge in [0.15, 0.2) is 0 Å². The van der Waals surface area contributed by atoms with Gasteiger partial charge >= 0.3 is 0 Å². The summed E-state index contributed by atoms with van der Waals surface area (Å²) in [6.07, 6.45) is 5.36. The summed E-state index contributed by atoms with van der Waals surface area (Å²) < 4.78 is 5.42. The molecule has 0 saturated heterocycles. The van der Waals surface area contributed by atoms with Crippen LogP contribution in [0.5, 0.6) is 5.75 Å². The first-order valence-corrected chi connectivity index (χ1v) is 7.12. The maximum Gasteiger partial charge on any atom is 0.141 e. The Hall–Kier alpha value is -1.18. The van der Waals surface area contributed by atoms with Crippen LogP contribution in [-0.2, 0) is 0 Å². The number of anilines is 1. The molecule has 0 heterocycles. The van der Waals surface area contributed by atoms with E-state index in [4.69, 9.17) is 4.74 Å². The van der Waals surface area contributed by atoms with Crippen LogP contribution in [0.4, 0.5) is 5.69 Å². The lowest BCUT2D eigenvalue weighted by Gasteiger charge is -2.35. The first-order valence-electron chi connectivity index (χ1n) is 7.12. The first-order chi connectivity index (χ1) is 8.72. The molecular formula is C16H25NO. The predicted molar refractivity (Wildman–Crippen MR) is 77.2 cm³/mol. The van der Waals surface area contributed by atoms with E-state index in [-0.39, 0.29) is 0 Å². The van der Waals surface area contributed by atoms with Gasteiger partial charge in [0.1, 0.15) is 5.75 Å². The van der Waals surface area contributed by atoms with E-state index in [1.165, 1.54) is 25.7 Å². The van der Waals surface area contributed by atoms with Gasteiger partial charge in [-0.1, -0.05) is 38.8 Å². The molecule has 2 unspecified atom stereocenters. The molecule has 1 aromatic rings. The van der Waals surface area contributed by atoms with E-state index in [1.807, 2.05) is 12.1 Å². The molecule has 2 rings (SSSR count). The molecule has 0 radical (unpaired) electrons. The molecule has 2 heteroatoms. The molecule has 1 fully saturated rings. The lowest BCUT2D eigenvalue weighted by molar-refractivity contribution is 0.253. The summed E-state index contributed by atoms with van der Waals surface area (Å²) >= 11 is 0. The molecular weight excluding hydrogens is 222 g/mol. The van der Waals surface area contributed by atoms with Crippen LogP contribution in [0.2, 0.25) is 0 Å². The van der Waals surface area contributed by atoms with Crippen molar-refractivity contribution in [3.63, 3.8) is 0 Å². The van der Waals surface area contributed by atoms with Crippen LogP contribution in [0.1, 0.15) is 39.5 Å². The standard InChI is InChI=1S/C16H25NO/c1-12(2)13-8-4-5-9-14(13)17-15-10-6-7-11-16(15)18-3/h6-7,10-14,17H,4-5,8-9H2,1-3H3. The molecule has 100 valence electrons. The van der Waals surface area contributed by atoms with Crippen molar-refractivity contribution in [1.29, 1.82) is 0 Å². The number of para-hydroxylation sites is 2. The third kappa shape index (κ3) is 2.98. The molecule has 0 aliphatic heterocycles. The van der Waals surface area contributed by atoms with Crippen LogP contribution in [0, 0.1) is 11.8 Å². The molecule has 18 heavy (non-hydrogen) atoms. The summed E-state index contributed by atoms with van der Waals surface area (Å²) in [7, 11) is 1.74. The number of nitrogens with one attached hydrogen (secondary N) is 1. The maximum atomic E-state index is 5.42.